The van der Waals surface area contributed by atoms with Gasteiger partial charge in [0.15, 0.2) is 0 Å². The molecule has 0 spiro atoms. The highest BCUT2D eigenvalue weighted by Crippen LogP contribution is 2.10. The zero-order valence-corrected chi connectivity index (χ0v) is 14.6. The predicted octanol–water partition coefficient (Wildman–Crippen LogP) is 2.44. The number of amides is 2. The van der Waals surface area contributed by atoms with Gasteiger partial charge in [-0.25, -0.2) is 30.2 Å². The van der Waals surface area contributed by atoms with Gasteiger partial charge in [-0.1, -0.05) is 0 Å². The molecule has 6 heteroatoms. The Hall–Kier alpha value is -3.54. The maximum absolute atomic E-state index is 12.3. The molecular formula is C20H20N4O2+2. The molecule has 0 fully saturated rings. The van der Waals surface area contributed by atoms with Crippen LogP contribution in [-0.2, 0) is 0 Å². The molecule has 0 radical (unpaired) electrons. The fourth-order valence-corrected chi connectivity index (χ4v) is 2.47. The molecule has 4 N–H and O–H groups in total. The quantitative estimate of drug-likeness (QED) is 0.759. The summed E-state index contributed by atoms with van der Waals surface area (Å²) < 4.78 is 0. The van der Waals surface area contributed by atoms with Gasteiger partial charge in [0.2, 0.25) is 0 Å². The van der Waals surface area contributed by atoms with Crippen LogP contribution in [0.1, 0.15) is 31.8 Å². The molecule has 130 valence electrons. The molecule has 2 aromatic heterocycles. The lowest BCUT2D eigenvalue weighted by atomic mass is 10.1. The second-order valence-electron chi connectivity index (χ2n) is 6.04. The monoisotopic (exact) mass is 348 g/mol. The van der Waals surface area contributed by atoms with E-state index in [9.17, 15) is 9.59 Å². The molecule has 3 rings (SSSR count). The predicted molar refractivity (Wildman–Crippen MR) is 97.8 cm³/mol. The van der Waals surface area contributed by atoms with Gasteiger partial charge in [0.1, 0.15) is 0 Å². The number of H-pyrrole nitrogens is 2. The van der Waals surface area contributed by atoms with Gasteiger partial charge in [-0.15, -0.1) is 0 Å². The number of carbonyl (C=O) groups is 2. The number of anilines is 2. The number of nitrogens with one attached hydrogen (secondary N) is 4. The first kappa shape index (κ1) is 17.3. The van der Waals surface area contributed by atoms with Crippen molar-refractivity contribution in [2.45, 2.75) is 13.8 Å². The number of hydrogen-bond donors (Lipinski definition) is 2. The molecule has 0 bridgehead atoms. The Balaban J connectivity index is 1.67. The van der Waals surface area contributed by atoms with Crippen LogP contribution in [0.15, 0.2) is 60.9 Å². The minimum atomic E-state index is -0.245. The van der Waals surface area contributed by atoms with E-state index in [4.69, 9.17) is 0 Å². The molecule has 0 aliphatic carbocycles. The number of rotatable bonds is 4. The molecule has 3 aromatic rings. The maximum atomic E-state index is 12.3. The lowest BCUT2D eigenvalue weighted by Gasteiger charge is -2.01. The van der Waals surface area contributed by atoms with E-state index >= 15 is 0 Å². The Morgan fingerprint density at radius 3 is 1.42 bits per heavy atom. The molecule has 0 atom stereocenters. The second-order valence-corrected chi connectivity index (χ2v) is 6.04. The Labute approximate surface area is 151 Å². The van der Waals surface area contributed by atoms with Crippen molar-refractivity contribution in [3.8, 4) is 0 Å². The summed E-state index contributed by atoms with van der Waals surface area (Å²) in [5.74, 6) is 0.746. The van der Waals surface area contributed by atoms with E-state index < -0.39 is 0 Å². The fraction of sp³-hybridized carbons (Fsp3) is 0.100. The number of pyridine rings is 2. The van der Waals surface area contributed by atoms with Gasteiger partial charge in [0, 0.05) is 12.1 Å². The molecule has 2 heterocycles. The lowest BCUT2D eigenvalue weighted by molar-refractivity contribution is -0.361. The Bertz CT molecular complexity index is 874. The molecule has 0 saturated heterocycles. The van der Waals surface area contributed by atoms with E-state index in [2.05, 4.69) is 20.6 Å². The highest BCUT2D eigenvalue weighted by Gasteiger charge is 2.16. The van der Waals surface area contributed by atoms with Gasteiger partial charge in [-0.3, -0.25) is 0 Å². The molecule has 0 unspecified atom stereocenters. The molecule has 0 aliphatic heterocycles. The molecule has 26 heavy (non-hydrogen) atoms. The van der Waals surface area contributed by atoms with Gasteiger partial charge in [0.05, 0.1) is 23.5 Å². The summed E-state index contributed by atoms with van der Waals surface area (Å²) in [6, 6.07) is 14.0. The number of hydrogen-bond acceptors (Lipinski definition) is 2. The van der Waals surface area contributed by atoms with E-state index in [1.54, 1.807) is 36.7 Å². The first-order valence-electron chi connectivity index (χ1n) is 8.21. The van der Waals surface area contributed by atoms with Crippen molar-refractivity contribution >= 4 is 23.5 Å². The largest absolute Gasteiger partial charge is 0.339 e. The van der Waals surface area contributed by atoms with Crippen LogP contribution in [0.5, 0.6) is 0 Å². The third kappa shape index (κ3) is 4.30. The van der Waals surface area contributed by atoms with Crippen molar-refractivity contribution in [1.29, 1.82) is 0 Å². The number of benzene rings is 1. The maximum Gasteiger partial charge on any atom is 0.339 e. The van der Waals surface area contributed by atoms with Crippen LogP contribution in [0.2, 0.25) is 0 Å². The third-order valence-electron chi connectivity index (χ3n) is 3.82. The first-order valence-corrected chi connectivity index (χ1v) is 8.21. The van der Waals surface area contributed by atoms with Crippen LogP contribution in [-0.4, -0.2) is 11.8 Å². The van der Waals surface area contributed by atoms with Crippen LogP contribution in [0, 0.1) is 13.8 Å². The highest BCUT2D eigenvalue weighted by atomic mass is 16.2. The fourth-order valence-electron chi connectivity index (χ4n) is 2.47. The van der Waals surface area contributed by atoms with Crippen LogP contribution in [0.4, 0.5) is 11.6 Å². The smallest absolute Gasteiger partial charge is 0.247 e. The number of aryl methyl sites for hydroxylation is 2. The summed E-state index contributed by atoms with van der Waals surface area (Å²) in [7, 11) is 0. The van der Waals surface area contributed by atoms with Gasteiger partial charge in [0.25, 0.3) is 11.6 Å². The average Bonchev–Trinajstić information content (AvgIpc) is 2.62. The molecular weight excluding hydrogens is 328 g/mol. The van der Waals surface area contributed by atoms with Crippen molar-refractivity contribution in [3.05, 3.63) is 83.2 Å². The summed E-state index contributed by atoms with van der Waals surface area (Å²) >= 11 is 0. The Morgan fingerprint density at radius 2 is 1.08 bits per heavy atom. The summed E-state index contributed by atoms with van der Waals surface area (Å²) in [5.41, 5.74) is 3.02. The van der Waals surface area contributed by atoms with E-state index in [0.717, 1.165) is 11.1 Å². The van der Waals surface area contributed by atoms with Gasteiger partial charge >= 0.3 is 11.8 Å². The summed E-state index contributed by atoms with van der Waals surface area (Å²) in [4.78, 5) is 30.5. The van der Waals surface area contributed by atoms with E-state index in [1.165, 1.54) is 0 Å². The van der Waals surface area contributed by atoms with Crippen molar-refractivity contribution in [2.24, 2.45) is 0 Å². The van der Waals surface area contributed by atoms with Gasteiger partial charge in [-0.05, 0) is 61.4 Å². The zero-order valence-electron chi connectivity index (χ0n) is 14.6. The zero-order chi connectivity index (χ0) is 18.5. The summed E-state index contributed by atoms with van der Waals surface area (Å²) in [5, 5.41) is 5.59. The Kier molecular flexibility index (Phi) is 5.03. The number of carbonyl (C=O) groups excluding carboxylic acids is 2. The minimum absolute atomic E-state index is 0.245. The van der Waals surface area contributed by atoms with Gasteiger partial charge < -0.3 is 0 Å². The normalized spacial score (nSPS) is 10.2. The van der Waals surface area contributed by atoms with Crippen molar-refractivity contribution in [3.63, 3.8) is 0 Å². The Morgan fingerprint density at radius 1 is 0.692 bits per heavy atom. The van der Waals surface area contributed by atoms with Crippen LogP contribution < -0.4 is 20.6 Å². The highest BCUT2D eigenvalue weighted by molar-refractivity contribution is 6.06. The SMILES string of the molecule is Cc1cc[nH+]c(NC(=O)c2ccc(C(=O)Nc3cc(C)cc[nH+]3)cc2)c1. The molecule has 6 nitrogen and oxygen atoms in total. The number of aromatic nitrogens is 2. The molecule has 0 aliphatic rings. The van der Waals surface area contributed by atoms with Crippen molar-refractivity contribution < 1.29 is 19.6 Å². The minimum Gasteiger partial charge on any atom is -0.247 e. The standard InChI is InChI=1S/C20H18N4O2/c1-13-7-9-21-17(11-13)23-19(25)15-3-5-16(6-4-15)20(26)24-18-12-14(2)8-10-22-18/h3-12H,1-2H3,(H,21,23,25)(H,22,24,26)/p+2. The van der Waals surface area contributed by atoms with E-state index in [1.807, 2.05) is 38.1 Å². The van der Waals surface area contributed by atoms with Crippen molar-refractivity contribution in [1.82, 2.24) is 0 Å². The number of aromatic amines is 2. The average molecular weight is 348 g/mol. The molecule has 0 saturated carbocycles. The van der Waals surface area contributed by atoms with Crippen LogP contribution >= 0.6 is 0 Å². The van der Waals surface area contributed by atoms with Crippen LogP contribution in [0.3, 0.4) is 0 Å². The molecule has 2 amide bonds. The van der Waals surface area contributed by atoms with Crippen molar-refractivity contribution in [2.75, 3.05) is 10.6 Å². The lowest BCUT2D eigenvalue weighted by Crippen LogP contribution is -2.20. The summed E-state index contributed by atoms with van der Waals surface area (Å²) in [6.45, 7) is 3.89. The first-order chi connectivity index (χ1) is 12.5. The topological polar surface area (TPSA) is 86.5 Å². The molecule has 1 aromatic carbocycles. The van der Waals surface area contributed by atoms with E-state index in [0.29, 0.717) is 22.8 Å². The van der Waals surface area contributed by atoms with Gasteiger partial charge in [-0.2, -0.15) is 0 Å². The third-order valence-corrected chi connectivity index (χ3v) is 3.82. The van der Waals surface area contributed by atoms with E-state index in [-0.39, 0.29) is 11.8 Å². The van der Waals surface area contributed by atoms with Crippen LogP contribution in [0.25, 0.3) is 0 Å². The summed E-state index contributed by atoms with van der Waals surface area (Å²) in [6.07, 6.45) is 3.53. The second kappa shape index (κ2) is 7.57.